The Hall–Kier alpha value is -0.760. The van der Waals surface area contributed by atoms with Gasteiger partial charge >= 0.3 is 0 Å². The lowest BCUT2D eigenvalue weighted by Crippen LogP contribution is -2.25. The topological polar surface area (TPSA) is 19.0 Å². The predicted octanol–water partition coefficient (Wildman–Crippen LogP) is 2.56. The third-order valence-corrected chi connectivity index (χ3v) is 2.95. The molecule has 0 aromatic carbocycles. The molecule has 1 fully saturated rings. The van der Waals surface area contributed by atoms with E-state index in [0.717, 1.165) is 0 Å². The van der Waals surface area contributed by atoms with Gasteiger partial charge in [-0.15, -0.1) is 0 Å². The number of rotatable bonds is 3. The molecule has 2 heteroatoms. The van der Waals surface area contributed by atoms with Crippen molar-refractivity contribution in [2.75, 3.05) is 13.1 Å². The average molecular weight is 178 g/mol. The van der Waals surface area contributed by atoms with Crippen LogP contribution in [-0.4, -0.2) is 23.0 Å². The quantitative estimate of drug-likeness (QED) is 0.753. The fraction of sp³-hybridized carbons (Fsp3) is 0.636. The summed E-state index contributed by atoms with van der Waals surface area (Å²) >= 11 is 0. The van der Waals surface area contributed by atoms with Crippen molar-refractivity contribution in [3.05, 3.63) is 24.0 Å². The molecule has 1 aliphatic heterocycles. The summed E-state index contributed by atoms with van der Waals surface area (Å²) in [5.74, 6) is 0. The van der Waals surface area contributed by atoms with Crippen LogP contribution in [0.2, 0.25) is 0 Å². The first-order valence-corrected chi connectivity index (χ1v) is 5.29. The van der Waals surface area contributed by atoms with Gasteiger partial charge in [-0.05, 0) is 44.5 Å². The molecular formula is C11H18N2. The molecule has 2 heterocycles. The molecule has 2 rings (SSSR count). The van der Waals surface area contributed by atoms with Gasteiger partial charge < -0.3 is 4.98 Å². The smallest absolute Gasteiger partial charge is 0.0495 e. The standard InChI is InChI=1S/C11H18N2/c1-2-11(10-6-5-7-12-10)13-8-3-4-9-13/h5-7,11-12H,2-4,8-9H2,1H3. The van der Waals surface area contributed by atoms with Crippen LogP contribution in [0.25, 0.3) is 0 Å². The molecule has 0 amide bonds. The van der Waals surface area contributed by atoms with Crippen LogP contribution in [0.5, 0.6) is 0 Å². The lowest BCUT2D eigenvalue weighted by Gasteiger charge is -2.25. The number of nitrogens with one attached hydrogen (secondary N) is 1. The maximum absolute atomic E-state index is 3.32. The Morgan fingerprint density at radius 1 is 1.46 bits per heavy atom. The largest absolute Gasteiger partial charge is 0.364 e. The highest BCUT2D eigenvalue weighted by molar-refractivity contribution is 5.09. The van der Waals surface area contributed by atoms with Crippen molar-refractivity contribution in [3.8, 4) is 0 Å². The molecule has 1 aliphatic rings. The van der Waals surface area contributed by atoms with Crippen LogP contribution < -0.4 is 0 Å². The van der Waals surface area contributed by atoms with E-state index in [4.69, 9.17) is 0 Å². The number of likely N-dealkylation sites (tertiary alicyclic amines) is 1. The SMILES string of the molecule is CCC(c1ccc[nH]1)N1CCCC1. The van der Waals surface area contributed by atoms with Crippen molar-refractivity contribution in [1.29, 1.82) is 0 Å². The Bertz CT molecular complexity index is 235. The zero-order chi connectivity index (χ0) is 9.10. The first-order valence-electron chi connectivity index (χ1n) is 5.29. The van der Waals surface area contributed by atoms with Gasteiger partial charge in [-0.25, -0.2) is 0 Å². The number of nitrogens with zero attached hydrogens (tertiary/aromatic N) is 1. The summed E-state index contributed by atoms with van der Waals surface area (Å²) in [6.07, 6.45) is 5.98. The molecule has 0 radical (unpaired) electrons. The summed E-state index contributed by atoms with van der Waals surface area (Å²) in [7, 11) is 0. The van der Waals surface area contributed by atoms with E-state index in [2.05, 4.69) is 28.9 Å². The molecule has 1 N–H and O–H groups in total. The second-order valence-electron chi connectivity index (χ2n) is 3.79. The van der Waals surface area contributed by atoms with Gasteiger partial charge in [0.05, 0.1) is 0 Å². The summed E-state index contributed by atoms with van der Waals surface area (Å²) in [4.78, 5) is 5.91. The van der Waals surface area contributed by atoms with Gasteiger partial charge in [-0.3, -0.25) is 4.90 Å². The second kappa shape index (κ2) is 3.97. The minimum Gasteiger partial charge on any atom is -0.364 e. The van der Waals surface area contributed by atoms with E-state index in [-0.39, 0.29) is 0 Å². The maximum atomic E-state index is 3.32. The van der Waals surface area contributed by atoms with E-state index in [1.807, 2.05) is 6.20 Å². The Morgan fingerprint density at radius 3 is 2.77 bits per heavy atom. The lowest BCUT2D eigenvalue weighted by atomic mass is 10.1. The molecule has 1 unspecified atom stereocenters. The van der Waals surface area contributed by atoms with Crippen molar-refractivity contribution >= 4 is 0 Å². The van der Waals surface area contributed by atoms with Gasteiger partial charge in [0.2, 0.25) is 0 Å². The summed E-state index contributed by atoms with van der Waals surface area (Å²) in [5, 5.41) is 0. The predicted molar refractivity (Wildman–Crippen MR) is 54.6 cm³/mol. The van der Waals surface area contributed by atoms with E-state index >= 15 is 0 Å². The highest BCUT2D eigenvalue weighted by atomic mass is 15.2. The van der Waals surface area contributed by atoms with Crippen LogP contribution in [0, 0.1) is 0 Å². The van der Waals surface area contributed by atoms with Gasteiger partial charge in [-0.1, -0.05) is 6.92 Å². The summed E-state index contributed by atoms with van der Waals surface area (Å²) < 4.78 is 0. The van der Waals surface area contributed by atoms with Crippen molar-refractivity contribution in [2.45, 2.75) is 32.2 Å². The average Bonchev–Trinajstić information content (AvgIpc) is 2.76. The number of aromatic nitrogens is 1. The second-order valence-corrected chi connectivity index (χ2v) is 3.79. The molecule has 72 valence electrons. The molecule has 1 atom stereocenters. The van der Waals surface area contributed by atoms with Crippen molar-refractivity contribution in [2.24, 2.45) is 0 Å². The van der Waals surface area contributed by atoms with Crippen molar-refractivity contribution < 1.29 is 0 Å². The highest BCUT2D eigenvalue weighted by Gasteiger charge is 2.21. The van der Waals surface area contributed by atoms with Crippen LogP contribution in [0.1, 0.15) is 37.9 Å². The van der Waals surface area contributed by atoms with E-state index < -0.39 is 0 Å². The summed E-state index contributed by atoms with van der Waals surface area (Å²) in [5.41, 5.74) is 1.38. The molecule has 13 heavy (non-hydrogen) atoms. The molecule has 0 bridgehead atoms. The maximum Gasteiger partial charge on any atom is 0.0495 e. The van der Waals surface area contributed by atoms with Crippen molar-refractivity contribution in [1.82, 2.24) is 9.88 Å². The fourth-order valence-electron chi connectivity index (χ4n) is 2.28. The van der Waals surface area contributed by atoms with E-state index in [1.54, 1.807) is 0 Å². The molecule has 0 spiro atoms. The van der Waals surface area contributed by atoms with Crippen LogP contribution in [0.3, 0.4) is 0 Å². The molecule has 0 aliphatic carbocycles. The zero-order valence-corrected chi connectivity index (χ0v) is 8.29. The van der Waals surface area contributed by atoms with Gasteiger partial charge in [0, 0.05) is 17.9 Å². The van der Waals surface area contributed by atoms with Crippen LogP contribution in [0.15, 0.2) is 18.3 Å². The molecule has 1 aromatic rings. The van der Waals surface area contributed by atoms with Gasteiger partial charge in [-0.2, -0.15) is 0 Å². The third kappa shape index (κ3) is 1.78. The van der Waals surface area contributed by atoms with Crippen molar-refractivity contribution in [3.63, 3.8) is 0 Å². The minimum absolute atomic E-state index is 0.623. The Kier molecular flexibility index (Phi) is 2.69. The molecular weight excluding hydrogens is 160 g/mol. The van der Waals surface area contributed by atoms with Gasteiger partial charge in [0.25, 0.3) is 0 Å². The van der Waals surface area contributed by atoms with Crippen LogP contribution in [0.4, 0.5) is 0 Å². The third-order valence-electron chi connectivity index (χ3n) is 2.95. The Labute approximate surface area is 79.9 Å². The van der Waals surface area contributed by atoms with E-state index in [1.165, 1.54) is 38.0 Å². The normalized spacial score (nSPS) is 20.7. The van der Waals surface area contributed by atoms with Gasteiger partial charge in [0.15, 0.2) is 0 Å². The Morgan fingerprint density at radius 2 is 2.23 bits per heavy atom. The summed E-state index contributed by atoms with van der Waals surface area (Å²) in [6, 6.07) is 4.91. The first kappa shape index (κ1) is 8.82. The number of H-pyrrole nitrogens is 1. The molecule has 1 aromatic heterocycles. The van der Waals surface area contributed by atoms with E-state index in [9.17, 15) is 0 Å². The van der Waals surface area contributed by atoms with Crippen LogP contribution in [-0.2, 0) is 0 Å². The lowest BCUT2D eigenvalue weighted by molar-refractivity contribution is 0.235. The number of hydrogen-bond acceptors (Lipinski definition) is 1. The summed E-state index contributed by atoms with van der Waals surface area (Å²) in [6.45, 7) is 4.82. The number of aromatic amines is 1. The monoisotopic (exact) mass is 178 g/mol. The first-order chi connectivity index (χ1) is 6.42. The molecule has 2 nitrogen and oxygen atoms in total. The Balaban J connectivity index is 2.08. The molecule has 1 saturated heterocycles. The molecule has 0 saturated carbocycles. The van der Waals surface area contributed by atoms with E-state index in [0.29, 0.717) is 6.04 Å². The van der Waals surface area contributed by atoms with Gasteiger partial charge in [0.1, 0.15) is 0 Å². The number of hydrogen-bond donors (Lipinski definition) is 1. The zero-order valence-electron chi connectivity index (χ0n) is 8.29. The fourth-order valence-corrected chi connectivity index (χ4v) is 2.28. The van der Waals surface area contributed by atoms with Crippen LogP contribution >= 0.6 is 0 Å². The minimum atomic E-state index is 0.623. The highest BCUT2D eigenvalue weighted by Crippen LogP contribution is 2.26.